The minimum Gasteiger partial charge on any atom is -0.383 e. The van der Waals surface area contributed by atoms with Crippen molar-refractivity contribution in [2.75, 3.05) is 24.8 Å². The SMILES string of the molecule is COCCn1c(N)c(NC2CCC2)c(=O)[nH]c1=O. The number of nitrogens with one attached hydrogen (secondary N) is 2. The largest absolute Gasteiger partial charge is 0.383 e. The van der Waals surface area contributed by atoms with Crippen molar-refractivity contribution in [1.29, 1.82) is 0 Å². The summed E-state index contributed by atoms with van der Waals surface area (Å²) in [5.74, 6) is 0.174. The third kappa shape index (κ3) is 2.40. The number of ether oxygens (including phenoxy) is 1. The Morgan fingerprint density at radius 2 is 2.22 bits per heavy atom. The van der Waals surface area contributed by atoms with E-state index >= 15 is 0 Å². The molecule has 0 aromatic carbocycles. The number of nitrogens with two attached hydrogens (primary N) is 1. The van der Waals surface area contributed by atoms with Gasteiger partial charge in [0.2, 0.25) is 0 Å². The smallest absolute Gasteiger partial charge is 0.330 e. The Kier molecular flexibility index (Phi) is 3.71. The van der Waals surface area contributed by atoms with Crippen LogP contribution in [0.15, 0.2) is 9.59 Å². The number of hydrogen-bond acceptors (Lipinski definition) is 5. The van der Waals surface area contributed by atoms with Crippen LogP contribution in [0.1, 0.15) is 19.3 Å². The molecule has 7 nitrogen and oxygen atoms in total. The molecule has 0 spiro atoms. The van der Waals surface area contributed by atoms with Crippen LogP contribution in [0, 0.1) is 0 Å². The van der Waals surface area contributed by atoms with Gasteiger partial charge in [0.25, 0.3) is 5.56 Å². The number of H-pyrrole nitrogens is 1. The van der Waals surface area contributed by atoms with Gasteiger partial charge in [-0.05, 0) is 19.3 Å². The van der Waals surface area contributed by atoms with Crippen molar-refractivity contribution in [3.63, 3.8) is 0 Å². The van der Waals surface area contributed by atoms with Crippen molar-refractivity contribution < 1.29 is 4.74 Å². The molecule has 1 aromatic heterocycles. The summed E-state index contributed by atoms with van der Waals surface area (Å²) in [5.41, 5.74) is 5.20. The van der Waals surface area contributed by atoms with Gasteiger partial charge in [0, 0.05) is 13.2 Å². The van der Waals surface area contributed by atoms with Crippen LogP contribution >= 0.6 is 0 Å². The van der Waals surface area contributed by atoms with Crippen LogP contribution in [0.3, 0.4) is 0 Å². The Labute approximate surface area is 104 Å². The average Bonchev–Trinajstić information content (AvgIpc) is 2.26. The molecule has 1 aliphatic carbocycles. The molecule has 0 saturated heterocycles. The standard InChI is InChI=1S/C11H18N4O3/c1-18-6-5-15-9(12)8(10(16)14-11(15)17)13-7-3-2-4-7/h7,13H,2-6,12H2,1H3,(H,14,16,17). The second-order valence-corrected chi connectivity index (χ2v) is 4.44. The number of nitrogen functional groups attached to an aromatic ring is 1. The fourth-order valence-corrected chi connectivity index (χ4v) is 1.89. The van der Waals surface area contributed by atoms with Crippen LogP contribution in [0.25, 0.3) is 0 Å². The first-order valence-electron chi connectivity index (χ1n) is 6.01. The monoisotopic (exact) mass is 254 g/mol. The molecule has 2 rings (SSSR count). The molecule has 0 unspecified atom stereocenters. The molecule has 0 aliphatic heterocycles. The van der Waals surface area contributed by atoms with Crippen LogP contribution in [-0.4, -0.2) is 29.3 Å². The molecule has 18 heavy (non-hydrogen) atoms. The molecule has 1 fully saturated rings. The predicted molar refractivity (Wildman–Crippen MR) is 68.9 cm³/mol. The molecule has 1 aliphatic rings. The quantitative estimate of drug-likeness (QED) is 0.671. The predicted octanol–water partition coefficient (Wildman–Crippen LogP) is -0.270. The molecule has 0 radical (unpaired) electrons. The molecule has 7 heteroatoms. The Morgan fingerprint density at radius 3 is 2.78 bits per heavy atom. The second-order valence-electron chi connectivity index (χ2n) is 4.44. The van der Waals surface area contributed by atoms with Crippen molar-refractivity contribution >= 4 is 11.5 Å². The number of rotatable bonds is 5. The summed E-state index contributed by atoms with van der Waals surface area (Å²) in [4.78, 5) is 25.6. The van der Waals surface area contributed by atoms with Gasteiger partial charge < -0.3 is 15.8 Å². The van der Waals surface area contributed by atoms with Crippen molar-refractivity contribution in [2.24, 2.45) is 0 Å². The van der Waals surface area contributed by atoms with Crippen molar-refractivity contribution in [1.82, 2.24) is 9.55 Å². The van der Waals surface area contributed by atoms with E-state index in [1.807, 2.05) is 0 Å². The first-order chi connectivity index (χ1) is 8.63. The zero-order chi connectivity index (χ0) is 13.1. The maximum atomic E-state index is 11.7. The minimum absolute atomic E-state index is 0.174. The van der Waals surface area contributed by atoms with Crippen LogP contribution in [0.5, 0.6) is 0 Å². The van der Waals surface area contributed by atoms with Crippen molar-refractivity contribution in [3.05, 3.63) is 20.8 Å². The molecule has 1 heterocycles. The van der Waals surface area contributed by atoms with E-state index in [0.717, 1.165) is 19.3 Å². The van der Waals surface area contributed by atoms with Gasteiger partial charge in [-0.25, -0.2) is 4.79 Å². The molecule has 0 atom stereocenters. The molecule has 4 N–H and O–H groups in total. The molecule has 1 saturated carbocycles. The van der Waals surface area contributed by atoms with E-state index in [4.69, 9.17) is 10.5 Å². The summed E-state index contributed by atoms with van der Waals surface area (Å²) in [7, 11) is 1.54. The van der Waals surface area contributed by atoms with E-state index in [1.165, 1.54) is 4.57 Å². The van der Waals surface area contributed by atoms with Crippen molar-refractivity contribution in [3.8, 4) is 0 Å². The summed E-state index contributed by atoms with van der Waals surface area (Å²) in [6.07, 6.45) is 3.20. The zero-order valence-electron chi connectivity index (χ0n) is 10.4. The van der Waals surface area contributed by atoms with Gasteiger partial charge in [-0.3, -0.25) is 14.3 Å². The number of aromatic nitrogens is 2. The lowest BCUT2D eigenvalue weighted by Gasteiger charge is -2.27. The Morgan fingerprint density at radius 1 is 1.50 bits per heavy atom. The fraction of sp³-hybridized carbons (Fsp3) is 0.636. The third-order valence-electron chi connectivity index (χ3n) is 3.21. The highest BCUT2D eigenvalue weighted by Gasteiger charge is 2.21. The highest BCUT2D eigenvalue weighted by molar-refractivity contribution is 5.61. The summed E-state index contributed by atoms with van der Waals surface area (Å²) >= 11 is 0. The van der Waals surface area contributed by atoms with Gasteiger partial charge in [-0.15, -0.1) is 0 Å². The fourth-order valence-electron chi connectivity index (χ4n) is 1.89. The van der Waals surface area contributed by atoms with Crippen LogP contribution in [0.2, 0.25) is 0 Å². The molecular formula is C11H18N4O3. The number of methoxy groups -OCH3 is 1. The third-order valence-corrected chi connectivity index (χ3v) is 3.21. The Hall–Kier alpha value is -1.76. The molecule has 100 valence electrons. The Balaban J connectivity index is 2.32. The second kappa shape index (κ2) is 5.26. The van der Waals surface area contributed by atoms with Gasteiger partial charge in [0.1, 0.15) is 11.5 Å². The molecule has 0 amide bonds. The van der Waals surface area contributed by atoms with E-state index in [-0.39, 0.29) is 17.5 Å². The maximum Gasteiger partial charge on any atom is 0.330 e. The van der Waals surface area contributed by atoms with Gasteiger partial charge in [0.15, 0.2) is 0 Å². The summed E-state index contributed by atoms with van der Waals surface area (Å²) in [6, 6.07) is 0.279. The van der Waals surface area contributed by atoms with Gasteiger partial charge in [0.05, 0.1) is 13.2 Å². The Bertz CT molecular complexity index is 530. The minimum atomic E-state index is -0.506. The highest BCUT2D eigenvalue weighted by Crippen LogP contribution is 2.23. The summed E-state index contributed by atoms with van der Waals surface area (Å²) in [6.45, 7) is 0.677. The summed E-state index contributed by atoms with van der Waals surface area (Å²) < 4.78 is 6.22. The lowest BCUT2D eigenvalue weighted by Crippen LogP contribution is -2.38. The van der Waals surface area contributed by atoms with E-state index in [2.05, 4.69) is 10.3 Å². The van der Waals surface area contributed by atoms with Gasteiger partial charge >= 0.3 is 5.69 Å². The van der Waals surface area contributed by atoms with E-state index in [9.17, 15) is 9.59 Å². The number of hydrogen-bond donors (Lipinski definition) is 3. The molecule has 1 aromatic rings. The summed E-state index contributed by atoms with van der Waals surface area (Å²) in [5, 5.41) is 3.09. The van der Waals surface area contributed by atoms with Gasteiger partial charge in [-0.1, -0.05) is 0 Å². The average molecular weight is 254 g/mol. The maximum absolute atomic E-state index is 11.7. The van der Waals surface area contributed by atoms with Crippen LogP contribution in [0.4, 0.5) is 11.5 Å². The van der Waals surface area contributed by atoms with E-state index < -0.39 is 11.2 Å². The van der Waals surface area contributed by atoms with Gasteiger partial charge in [-0.2, -0.15) is 0 Å². The zero-order valence-corrected chi connectivity index (χ0v) is 10.4. The lowest BCUT2D eigenvalue weighted by molar-refractivity contribution is 0.186. The van der Waals surface area contributed by atoms with Crippen LogP contribution < -0.4 is 22.3 Å². The van der Waals surface area contributed by atoms with E-state index in [0.29, 0.717) is 13.2 Å². The first kappa shape index (κ1) is 12.7. The normalized spacial score (nSPS) is 15.4. The number of nitrogens with zero attached hydrogens (tertiary/aromatic N) is 1. The first-order valence-corrected chi connectivity index (χ1v) is 6.01. The van der Waals surface area contributed by atoms with Crippen molar-refractivity contribution in [2.45, 2.75) is 31.8 Å². The topological polar surface area (TPSA) is 102 Å². The number of aromatic amines is 1. The number of anilines is 2. The molecule has 0 bridgehead atoms. The molecular weight excluding hydrogens is 236 g/mol. The highest BCUT2D eigenvalue weighted by atomic mass is 16.5. The van der Waals surface area contributed by atoms with E-state index in [1.54, 1.807) is 7.11 Å². The van der Waals surface area contributed by atoms with Crippen LogP contribution in [-0.2, 0) is 11.3 Å². The lowest BCUT2D eigenvalue weighted by atomic mass is 9.93.